The average Bonchev–Trinajstić information content (AvgIpc) is 2.67. The zero-order chi connectivity index (χ0) is 11.5. The Balaban J connectivity index is 2.21. The first-order chi connectivity index (χ1) is 7.69. The van der Waals surface area contributed by atoms with Gasteiger partial charge < -0.3 is 5.11 Å². The number of aryl methyl sites for hydroxylation is 1. The van der Waals surface area contributed by atoms with Crippen LogP contribution in [0.25, 0.3) is 0 Å². The number of hydrogen-bond acceptors (Lipinski definition) is 4. The molecule has 4 nitrogen and oxygen atoms in total. The zero-order valence-electron chi connectivity index (χ0n) is 8.57. The predicted octanol–water partition coefficient (Wildman–Crippen LogP) is 2.41. The maximum Gasteiger partial charge on any atom is 0.213 e. The van der Waals surface area contributed by atoms with Gasteiger partial charge in [-0.15, -0.1) is 5.10 Å². The number of H-pyrrole nitrogens is 1. The summed E-state index contributed by atoms with van der Waals surface area (Å²) in [5, 5.41) is 17.0. The van der Waals surface area contributed by atoms with E-state index in [1.807, 2.05) is 19.1 Å². The first-order valence-electron chi connectivity index (χ1n) is 4.65. The van der Waals surface area contributed by atoms with E-state index in [1.165, 1.54) is 11.8 Å². The Hall–Kier alpha value is -1.04. The fourth-order valence-electron chi connectivity index (χ4n) is 1.19. The van der Waals surface area contributed by atoms with E-state index in [9.17, 15) is 0 Å². The Kier molecular flexibility index (Phi) is 3.48. The summed E-state index contributed by atoms with van der Waals surface area (Å²) in [5.41, 5.74) is 0.792. The van der Waals surface area contributed by atoms with Crippen molar-refractivity contribution in [3.8, 4) is 0 Å². The van der Waals surface area contributed by atoms with Gasteiger partial charge in [-0.25, -0.2) is 4.98 Å². The van der Waals surface area contributed by atoms with Gasteiger partial charge in [-0.05, 0) is 36.4 Å². The number of hydrogen-bond donors (Lipinski definition) is 2. The smallest absolute Gasteiger partial charge is 0.213 e. The fourth-order valence-corrected chi connectivity index (χ4v) is 2.27. The van der Waals surface area contributed by atoms with Crippen LogP contribution in [-0.2, 0) is 6.61 Å². The molecule has 0 fully saturated rings. The normalized spacial score (nSPS) is 10.7. The fraction of sp³-hybridized carbons (Fsp3) is 0.200. The highest BCUT2D eigenvalue weighted by Crippen LogP contribution is 2.31. The van der Waals surface area contributed by atoms with Crippen LogP contribution in [0.3, 0.4) is 0 Å². The van der Waals surface area contributed by atoms with E-state index < -0.39 is 0 Å². The van der Waals surface area contributed by atoms with E-state index >= 15 is 0 Å². The molecule has 6 heteroatoms. The molecular formula is C10H10ClN3OS. The summed E-state index contributed by atoms with van der Waals surface area (Å²) >= 11 is 7.45. The van der Waals surface area contributed by atoms with E-state index in [0.717, 1.165) is 16.3 Å². The van der Waals surface area contributed by atoms with E-state index in [4.69, 9.17) is 16.7 Å². The predicted molar refractivity (Wildman–Crippen MR) is 62.6 cm³/mol. The van der Waals surface area contributed by atoms with Gasteiger partial charge >= 0.3 is 0 Å². The average molecular weight is 256 g/mol. The van der Waals surface area contributed by atoms with Crippen LogP contribution in [0.4, 0.5) is 0 Å². The third-order valence-electron chi connectivity index (χ3n) is 1.96. The number of aliphatic hydroxyl groups is 1. The van der Waals surface area contributed by atoms with Crippen LogP contribution in [0.5, 0.6) is 0 Å². The molecule has 0 aliphatic carbocycles. The quantitative estimate of drug-likeness (QED) is 0.884. The second kappa shape index (κ2) is 4.86. The lowest BCUT2D eigenvalue weighted by Crippen LogP contribution is -1.84. The molecule has 1 heterocycles. The Morgan fingerprint density at radius 3 is 2.88 bits per heavy atom. The molecule has 16 heavy (non-hydrogen) atoms. The molecule has 0 unspecified atom stereocenters. The van der Waals surface area contributed by atoms with E-state index in [2.05, 4.69) is 15.2 Å². The number of nitrogens with zero attached hydrogens (tertiary/aromatic N) is 2. The summed E-state index contributed by atoms with van der Waals surface area (Å²) in [7, 11) is 0. The van der Waals surface area contributed by atoms with Crippen LogP contribution >= 0.6 is 23.4 Å². The van der Waals surface area contributed by atoms with Gasteiger partial charge in [0, 0.05) is 4.90 Å². The van der Waals surface area contributed by atoms with E-state index in [1.54, 1.807) is 6.07 Å². The van der Waals surface area contributed by atoms with Crippen molar-refractivity contribution in [1.29, 1.82) is 0 Å². The van der Waals surface area contributed by atoms with Crippen molar-refractivity contribution < 1.29 is 5.11 Å². The maximum atomic E-state index is 8.95. The summed E-state index contributed by atoms with van der Waals surface area (Å²) in [6.45, 7) is 1.83. The van der Waals surface area contributed by atoms with Crippen molar-refractivity contribution >= 4 is 23.4 Å². The van der Waals surface area contributed by atoms with Crippen LogP contribution < -0.4 is 0 Å². The first-order valence-corrected chi connectivity index (χ1v) is 5.84. The molecule has 0 spiro atoms. The standard InChI is InChI=1S/C10H10ClN3OS/c1-6-12-10(14-13-6)16-9-3-2-7(5-15)4-8(9)11/h2-4,15H,5H2,1H3,(H,12,13,14). The molecule has 0 saturated carbocycles. The van der Waals surface area contributed by atoms with Gasteiger partial charge in [-0.1, -0.05) is 17.7 Å². The number of aliphatic hydroxyl groups excluding tert-OH is 1. The molecule has 1 aromatic heterocycles. The molecule has 0 atom stereocenters. The van der Waals surface area contributed by atoms with Crippen molar-refractivity contribution in [2.75, 3.05) is 0 Å². The largest absolute Gasteiger partial charge is 0.392 e. The lowest BCUT2D eigenvalue weighted by atomic mass is 10.2. The SMILES string of the molecule is Cc1nc(Sc2ccc(CO)cc2Cl)n[nH]1. The van der Waals surface area contributed by atoms with Crippen LogP contribution in [0.2, 0.25) is 5.02 Å². The third kappa shape index (κ3) is 2.55. The Morgan fingerprint density at radius 1 is 1.50 bits per heavy atom. The zero-order valence-corrected chi connectivity index (χ0v) is 10.1. The van der Waals surface area contributed by atoms with E-state index in [-0.39, 0.29) is 6.61 Å². The molecule has 1 aromatic carbocycles. The number of aromatic amines is 1. The van der Waals surface area contributed by atoms with Crippen LogP contribution in [-0.4, -0.2) is 20.3 Å². The second-order valence-electron chi connectivity index (χ2n) is 3.23. The summed E-state index contributed by atoms with van der Waals surface area (Å²) < 4.78 is 0. The highest BCUT2D eigenvalue weighted by molar-refractivity contribution is 7.99. The molecular weight excluding hydrogens is 246 g/mol. The molecule has 0 amide bonds. The molecule has 2 rings (SSSR count). The van der Waals surface area contributed by atoms with Crippen molar-refractivity contribution in [1.82, 2.24) is 15.2 Å². The van der Waals surface area contributed by atoms with Gasteiger partial charge in [0.2, 0.25) is 5.16 Å². The highest BCUT2D eigenvalue weighted by Gasteiger charge is 2.07. The number of benzene rings is 1. The van der Waals surface area contributed by atoms with Gasteiger partial charge in [-0.2, -0.15) is 0 Å². The number of nitrogens with one attached hydrogen (secondary N) is 1. The molecule has 0 bridgehead atoms. The Bertz CT molecular complexity index is 501. The third-order valence-corrected chi connectivity index (χ3v) is 3.32. The summed E-state index contributed by atoms with van der Waals surface area (Å²) in [6, 6.07) is 5.42. The van der Waals surface area contributed by atoms with Gasteiger partial charge in [0.25, 0.3) is 0 Å². The van der Waals surface area contributed by atoms with Crippen LogP contribution in [0, 0.1) is 6.92 Å². The lowest BCUT2D eigenvalue weighted by Gasteiger charge is -2.02. The molecule has 2 aromatic rings. The lowest BCUT2D eigenvalue weighted by molar-refractivity contribution is 0.282. The minimum absolute atomic E-state index is 0.00949. The van der Waals surface area contributed by atoms with Gasteiger partial charge in [0.05, 0.1) is 11.6 Å². The molecule has 0 radical (unpaired) electrons. The number of aromatic nitrogens is 3. The van der Waals surface area contributed by atoms with Crippen molar-refractivity contribution in [3.63, 3.8) is 0 Å². The molecule has 0 aliphatic heterocycles. The number of rotatable bonds is 3. The minimum Gasteiger partial charge on any atom is -0.392 e. The molecule has 0 saturated heterocycles. The summed E-state index contributed by atoms with van der Waals surface area (Å²) in [4.78, 5) is 5.05. The second-order valence-corrected chi connectivity index (χ2v) is 4.64. The van der Waals surface area contributed by atoms with E-state index in [0.29, 0.717) is 10.2 Å². The van der Waals surface area contributed by atoms with Gasteiger partial charge in [-0.3, -0.25) is 5.10 Å². The Labute approximate surface area is 102 Å². The van der Waals surface area contributed by atoms with Crippen LogP contribution in [0.15, 0.2) is 28.3 Å². The molecule has 2 N–H and O–H groups in total. The minimum atomic E-state index is -0.00949. The molecule has 84 valence electrons. The Morgan fingerprint density at radius 2 is 2.31 bits per heavy atom. The van der Waals surface area contributed by atoms with Crippen molar-refractivity contribution in [2.24, 2.45) is 0 Å². The van der Waals surface area contributed by atoms with Crippen molar-refractivity contribution in [2.45, 2.75) is 23.6 Å². The summed E-state index contributed by atoms with van der Waals surface area (Å²) in [6.07, 6.45) is 0. The van der Waals surface area contributed by atoms with Gasteiger partial charge in [0.1, 0.15) is 5.82 Å². The van der Waals surface area contributed by atoms with Gasteiger partial charge in [0.15, 0.2) is 0 Å². The maximum absolute atomic E-state index is 8.95. The van der Waals surface area contributed by atoms with Crippen LogP contribution in [0.1, 0.15) is 11.4 Å². The number of halogens is 1. The topological polar surface area (TPSA) is 61.8 Å². The first kappa shape index (κ1) is 11.4. The van der Waals surface area contributed by atoms with Crippen molar-refractivity contribution in [3.05, 3.63) is 34.6 Å². The summed E-state index contributed by atoms with van der Waals surface area (Å²) in [5.74, 6) is 0.769. The molecule has 0 aliphatic rings. The highest BCUT2D eigenvalue weighted by atomic mass is 35.5. The monoisotopic (exact) mass is 255 g/mol.